The van der Waals surface area contributed by atoms with Gasteiger partial charge in [0.2, 0.25) is 5.91 Å². The van der Waals surface area contributed by atoms with E-state index >= 15 is 0 Å². The summed E-state index contributed by atoms with van der Waals surface area (Å²) in [7, 11) is 0. The topological polar surface area (TPSA) is 70.6 Å². The Balaban J connectivity index is 1.32. The van der Waals surface area contributed by atoms with Gasteiger partial charge in [-0.3, -0.25) is 9.59 Å². The first-order valence-corrected chi connectivity index (χ1v) is 10.8. The third-order valence-corrected chi connectivity index (χ3v) is 6.28. The second-order valence-corrected chi connectivity index (χ2v) is 8.88. The quantitative estimate of drug-likeness (QED) is 0.406. The summed E-state index contributed by atoms with van der Waals surface area (Å²) in [5.41, 5.74) is 6.11. The Morgan fingerprint density at radius 1 is 1.03 bits per heavy atom. The number of benzene rings is 2. The van der Waals surface area contributed by atoms with Gasteiger partial charge in [0, 0.05) is 11.6 Å². The predicted molar refractivity (Wildman–Crippen MR) is 121 cm³/mol. The van der Waals surface area contributed by atoms with Crippen molar-refractivity contribution in [3.8, 4) is 0 Å². The van der Waals surface area contributed by atoms with Crippen LogP contribution in [0.25, 0.3) is 0 Å². The van der Waals surface area contributed by atoms with E-state index in [9.17, 15) is 9.59 Å². The minimum atomic E-state index is -0.199. The molecular weight excluding hydrogens is 418 g/mol. The number of halogens is 1. The molecule has 1 aromatic heterocycles. The van der Waals surface area contributed by atoms with E-state index in [4.69, 9.17) is 11.6 Å². The number of thiophene rings is 1. The highest BCUT2D eigenvalue weighted by molar-refractivity contribution is 7.18. The Morgan fingerprint density at radius 2 is 1.77 bits per heavy atom. The molecular formula is C23H20ClN3O2S. The third kappa shape index (κ3) is 4.78. The van der Waals surface area contributed by atoms with E-state index in [1.165, 1.54) is 16.9 Å². The summed E-state index contributed by atoms with van der Waals surface area (Å²) in [6, 6.07) is 20.8. The minimum Gasteiger partial charge on any atom is -0.321 e. The third-order valence-electron chi connectivity index (χ3n) is 5.05. The molecule has 2 N–H and O–H groups in total. The number of anilines is 1. The zero-order chi connectivity index (χ0) is 21.1. The van der Waals surface area contributed by atoms with Crippen LogP contribution in [0.2, 0.25) is 4.34 Å². The van der Waals surface area contributed by atoms with Gasteiger partial charge in [0.1, 0.15) is 0 Å². The highest BCUT2D eigenvalue weighted by Crippen LogP contribution is 2.47. The van der Waals surface area contributed by atoms with Crippen molar-refractivity contribution in [3.63, 3.8) is 0 Å². The molecule has 0 saturated heterocycles. The molecule has 1 aliphatic rings. The van der Waals surface area contributed by atoms with Gasteiger partial charge >= 0.3 is 0 Å². The van der Waals surface area contributed by atoms with Gasteiger partial charge in [-0.15, -0.1) is 11.3 Å². The minimum absolute atomic E-state index is 0.0210. The van der Waals surface area contributed by atoms with Crippen molar-refractivity contribution in [1.82, 2.24) is 5.43 Å². The fourth-order valence-corrected chi connectivity index (χ4v) is 4.20. The van der Waals surface area contributed by atoms with Gasteiger partial charge < -0.3 is 5.32 Å². The number of nitrogens with zero attached hydrogens (tertiary/aromatic N) is 1. The summed E-state index contributed by atoms with van der Waals surface area (Å²) in [6.45, 7) is 1.84. The molecule has 1 heterocycles. The van der Waals surface area contributed by atoms with Crippen LogP contribution in [-0.2, 0) is 4.79 Å². The number of hydrogen-bond acceptors (Lipinski definition) is 4. The van der Waals surface area contributed by atoms with Crippen LogP contribution >= 0.6 is 22.9 Å². The molecule has 4 rings (SSSR count). The second kappa shape index (κ2) is 8.81. The lowest BCUT2D eigenvalue weighted by atomic mass is 10.1. The number of hydrogen-bond donors (Lipinski definition) is 2. The Hall–Kier alpha value is -2.96. The van der Waals surface area contributed by atoms with E-state index in [2.05, 4.69) is 28.0 Å². The Bertz CT molecular complexity index is 1090. The smallest absolute Gasteiger partial charge is 0.265 e. The average Bonchev–Trinajstić information content (AvgIpc) is 3.46. The highest BCUT2D eigenvalue weighted by atomic mass is 35.5. The maximum atomic E-state index is 12.4. The first-order chi connectivity index (χ1) is 14.5. The highest BCUT2D eigenvalue weighted by Gasteiger charge is 2.43. The first-order valence-electron chi connectivity index (χ1n) is 9.57. The van der Waals surface area contributed by atoms with E-state index in [-0.39, 0.29) is 23.7 Å². The SMILES string of the molecule is C/C(=N/NC(=O)[C@@H]1C[C@@H]1c1ccccc1)c1ccc(NC(=O)c2ccc(Cl)s2)cc1. The lowest BCUT2D eigenvalue weighted by Gasteiger charge is -2.06. The molecule has 1 saturated carbocycles. The van der Waals surface area contributed by atoms with Crippen molar-refractivity contribution < 1.29 is 9.59 Å². The number of rotatable bonds is 6. The van der Waals surface area contributed by atoms with Gasteiger partial charge in [0.15, 0.2) is 0 Å². The van der Waals surface area contributed by atoms with Crippen LogP contribution in [0.5, 0.6) is 0 Å². The molecule has 0 aliphatic heterocycles. The molecule has 0 unspecified atom stereocenters. The van der Waals surface area contributed by atoms with E-state index in [1.54, 1.807) is 24.3 Å². The normalized spacial score (nSPS) is 18.0. The monoisotopic (exact) mass is 437 g/mol. The number of carbonyl (C=O) groups excluding carboxylic acids is 2. The molecule has 2 aromatic carbocycles. The first kappa shape index (κ1) is 20.3. The van der Waals surface area contributed by atoms with Crippen LogP contribution in [0.15, 0.2) is 71.8 Å². The van der Waals surface area contributed by atoms with Crippen molar-refractivity contribution in [1.29, 1.82) is 0 Å². The van der Waals surface area contributed by atoms with Crippen LogP contribution in [0, 0.1) is 5.92 Å². The number of amides is 2. The number of carbonyl (C=O) groups is 2. The Kier molecular flexibility index (Phi) is 5.97. The zero-order valence-corrected chi connectivity index (χ0v) is 17.8. The Labute approximate surface area is 183 Å². The van der Waals surface area contributed by atoms with Crippen LogP contribution < -0.4 is 10.7 Å². The van der Waals surface area contributed by atoms with Gasteiger partial charge in [-0.25, -0.2) is 5.43 Å². The molecule has 30 heavy (non-hydrogen) atoms. The molecule has 1 fully saturated rings. The second-order valence-electron chi connectivity index (χ2n) is 7.17. The molecule has 152 valence electrons. The predicted octanol–water partition coefficient (Wildman–Crippen LogP) is 5.30. The van der Waals surface area contributed by atoms with E-state index in [0.717, 1.165) is 12.0 Å². The van der Waals surface area contributed by atoms with Gasteiger partial charge in [-0.05, 0) is 54.7 Å². The number of hydrazone groups is 1. The molecule has 1 aliphatic carbocycles. The van der Waals surface area contributed by atoms with Gasteiger partial charge in [0.05, 0.1) is 14.9 Å². The van der Waals surface area contributed by atoms with E-state index in [0.29, 0.717) is 20.6 Å². The fraction of sp³-hybridized carbons (Fsp3) is 0.174. The molecule has 5 nitrogen and oxygen atoms in total. The van der Waals surface area contributed by atoms with Crippen molar-refractivity contribution in [2.45, 2.75) is 19.3 Å². The van der Waals surface area contributed by atoms with E-state index in [1.807, 2.05) is 37.3 Å². The zero-order valence-electron chi connectivity index (χ0n) is 16.3. The lowest BCUT2D eigenvalue weighted by molar-refractivity contribution is -0.122. The summed E-state index contributed by atoms with van der Waals surface area (Å²) in [5.74, 6) is 0.00604. The van der Waals surface area contributed by atoms with E-state index < -0.39 is 0 Å². The van der Waals surface area contributed by atoms with Crippen molar-refractivity contribution in [3.05, 3.63) is 87.1 Å². The lowest BCUT2D eigenvalue weighted by Crippen LogP contribution is -2.21. The molecule has 0 bridgehead atoms. The van der Waals surface area contributed by atoms with Crippen molar-refractivity contribution >= 4 is 46.2 Å². The summed E-state index contributed by atoms with van der Waals surface area (Å²) in [6.07, 6.45) is 0.855. The maximum Gasteiger partial charge on any atom is 0.265 e. The van der Waals surface area contributed by atoms with Crippen molar-refractivity contribution in [2.75, 3.05) is 5.32 Å². The van der Waals surface area contributed by atoms with Gasteiger partial charge in [-0.1, -0.05) is 54.1 Å². The molecule has 2 amide bonds. The van der Waals surface area contributed by atoms with Crippen LogP contribution in [0.1, 0.15) is 40.1 Å². The molecule has 0 radical (unpaired) electrons. The van der Waals surface area contributed by atoms with Crippen LogP contribution in [0.4, 0.5) is 5.69 Å². The van der Waals surface area contributed by atoms with Crippen molar-refractivity contribution in [2.24, 2.45) is 11.0 Å². The van der Waals surface area contributed by atoms with Gasteiger partial charge in [-0.2, -0.15) is 5.10 Å². The fourth-order valence-electron chi connectivity index (χ4n) is 3.26. The summed E-state index contributed by atoms with van der Waals surface area (Å²) < 4.78 is 0.575. The summed E-state index contributed by atoms with van der Waals surface area (Å²) in [4.78, 5) is 25.1. The molecule has 3 aromatic rings. The van der Waals surface area contributed by atoms with Gasteiger partial charge in [0.25, 0.3) is 5.91 Å². The maximum absolute atomic E-state index is 12.4. The largest absolute Gasteiger partial charge is 0.321 e. The average molecular weight is 438 g/mol. The summed E-state index contributed by atoms with van der Waals surface area (Å²) >= 11 is 7.11. The Morgan fingerprint density at radius 3 is 2.43 bits per heavy atom. The molecule has 7 heteroatoms. The van der Waals surface area contributed by atoms with Crippen LogP contribution in [-0.4, -0.2) is 17.5 Å². The standard InChI is InChI=1S/C23H20ClN3O2S/c1-14(26-27-22(28)19-13-18(19)16-5-3-2-4-6-16)15-7-9-17(10-8-15)25-23(29)20-11-12-21(24)30-20/h2-12,18-19H,13H2,1H3,(H,25,29)(H,27,28)/b26-14-/t18-,19-/m1/s1. The van der Waals surface area contributed by atoms with Crippen LogP contribution in [0.3, 0.4) is 0 Å². The molecule has 2 atom stereocenters. The number of nitrogens with one attached hydrogen (secondary N) is 2. The molecule has 0 spiro atoms. The summed E-state index contributed by atoms with van der Waals surface area (Å²) in [5, 5.41) is 7.08.